The number of aromatic hydroxyl groups is 1. The maximum atomic E-state index is 9.26. The van der Waals surface area contributed by atoms with Crippen LogP contribution >= 0.6 is 0 Å². The summed E-state index contributed by atoms with van der Waals surface area (Å²) in [5.41, 5.74) is 0.979. The number of ether oxygens (including phenoxy) is 1. The second kappa shape index (κ2) is 6.03. The van der Waals surface area contributed by atoms with E-state index in [1.807, 2.05) is 12.1 Å². The standard InChI is InChI=1S/C14H23NO2/c1-5-15-13(14(2,3)17-4)10-11-6-8-12(16)9-7-11/h6-9,13,15-16H,5,10H2,1-4H3. The van der Waals surface area contributed by atoms with Crippen LogP contribution in [0.3, 0.4) is 0 Å². The molecule has 1 atom stereocenters. The quantitative estimate of drug-likeness (QED) is 0.798. The molecule has 1 aromatic rings. The Kier molecular flexibility index (Phi) is 4.97. The van der Waals surface area contributed by atoms with Gasteiger partial charge in [0.05, 0.1) is 5.60 Å². The van der Waals surface area contributed by atoms with Crippen LogP contribution < -0.4 is 5.32 Å². The number of hydrogen-bond acceptors (Lipinski definition) is 3. The van der Waals surface area contributed by atoms with Crippen molar-refractivity contribution in [1.29, 1.82) is 0 Å². The number of benzene rings is 1. The molecule has 0 saturated heterocycles. The van der Waals surface area contributed by atoms with Crippen LogP contribution in [0, 0.1) is 0 Å². The highest BCUT2D eigenvalue weighted by Crippen LogP contribution is 2.19. The molecule has 0 aromatic heterocycles. The Morgan fingerprint density at radius 1 is 1.29 bits per heavy atom. The van der Waals surface area contributed by atoms with Gasteiger partial charge < -0.3 is 15.2 Å². The van der Waals surface area contributed by atoms with Crippen LogP contribution in [0.25, 0.3) is 0 Å². The van der Waals surface area contributed by atoms with Crippen molar-refractivity contribution < 1.29 is 9.84 Å². The Morgan fingerprint density at radius 2 is 1.88 bits per heavy atom. The number of phenolic OH excluding ortho intramolecular Hbond substituents is 1. The first-order valence-corrected chi connectivity index (χ1v) is 6.06. The molecule has 1 aromatic carbocycles. The molecule has 0 fully saturated rings. The van der Waals surface area contributed by atoms with Gasteiger partial charge in [0.25, 0.3) is 0 Å². The van der Waals surface area contributed by atoms with Crippen LogP contribution in [-0.4, -0.2) is 30.4 Å². The number of likely N-dealkylation sites (N-methyl/N-ethyl adjacent to an activating group) is 1. The Morgan fingerprint density at radius 3 is 2.35 bits per heavy atom. The number of nitrogens with one attached hydrogen (secondary N) is 1. The maximum Gasteiger partial charge on any atom is 0.115 e. The molecule has 0 amide bonds. The lowest BCUT2D eigenvalue weighted by atomic mass is 9.92. The first-order valence-electron chi connectivity index (χ1n) is 6.06. The molecular formula is C14H23NO2. The van der Waals surface area contributed by atoms with E-state index in [0.717, 1.165) is 13.0 Å². The lowest BCUT2D eigenvalue weighted by molar-refractivity contribution is -0.00960. The highest BCUT2D eigenvalue weighted by molar-refractivity contribution is 5.26. The van der Waals surface area contributed by atoms with E-state index in [1.54, 1.807) is 19.2 Å². The number of methoxy groups -OCH3 is 1. The molecule has 2 N–H and O–H groups in total. The summed E-state index contributed by atoms with van der Waals surface area (Å²) in [4.78, 5) is 0. The number of rotatable bonds is 6. The fourth-order valence-electron chi connectivity index (χ4n) is 1.82. The van der Waals surface area contributed by atoms with Gasteiger partial charge in [-0.25, -0.2) is 0 Å². The van der Waals surface area contributed by atoms with Gasteiger partial charge >= 0.3 is 0 Å². The first kappa shape index (κ1) is 14.0. The minimum atomic E-state index is -0.214. The van der Waals surface area contributed by atoms with Gasteiger partial charge in [0, 0.05) is 13.2 Å². The van der Waals surface area contributed by atoms with Gasteiger partial charge in [-0.3, -0.25) is 0 Å². The summed E-state index contributed by atoms with van der Waals surface area (Å²) in [5, 5.41) is 12.7. The Bertz CT molecular complexity index is 333. The minimum Gasteiger partial charge on any atom is -0.508 e. The van der Waals surface area contributed by atoms with E-state index in [4.69, 9.17) is 4.74 Å². The van der Waals surface area contributed by atoms with Crippen LogP contribution in [0.4, 0.5) is 0 Å². The van der Waals surface area contributed by atoms with E-state index in [2.05, 4.69) is 26.1 Å². The second-order valence-electron chi connectivity index (χ2n) is 4.79. The SMILES string of the molecule is CCNC(Cc1ccc(O)cc1)C(C)(C)OC. The molecule has 0 aliphatic rings. The van der Waals surface area contributed by atoms with Gasteiger partial charge in [-0.05, 0) is 44.5 Å². The van der Waals surface area contributed by atoms with Crippen LogP contribution in [0.1, 0.15) is 26.3 Å². The van der Waals surface area contributed by atoms with E-state index in [0.29, 0.717) is 5.75 Å². The van der Waals surface area contributed by atoms with Crippen molar-refractivity contribution in [2.75, 3.05) is 13.7 Å². The predicted molar refractivity (Wildman–Crippen MR) is 70.4 cm³/mol. The molecule has 3 nitrogen and oxygen atoms in total. The highest BCUT2D eigenvalue weighted by atomic mass is 16.5. The molecule has 0 radical (unpaired) electrons. The van der Waals surface area contributed by atoms with Crippen molar-refractivity contribution in [3.05, 3.63) is 29.8 Å². The summed E-state index contributed by atoms with van der Waals surface area (Å²) < 4.78 is 5.54. The average molecular weight is 237 g/mol. The zero-order valence-electron chi connectivity index (χ0n) is 11.2. The summed E-state index contributed by atoms with van der Waals surface area (Å²) in [6.07, 6.45) is 0.884. The summed E-state index contributed by atoms with van der Waals surface area (Å²) in [6.45, 7) is 7.17. The second-order valence-corrected chi connectivity index (χ2v) is 4.79. The molecule has 0 aliphatic heterocycles. The molecule has 96 valence electrons. The zero-order chi connectivity index (χ0) is 12.9. The van der Waals surface area contributed by atoms with Crippen LogP contribution in [-0.2, 0) is 11.2 Å². The fraction of sp³-hybridized carbons (Fsp3) is 0.571. The molecule has 3 heteroatoms. The molecule has 0 aliphatic carbocycles. The predicted octanol–water partition coefficient (Wildman–Crippen LogP) is 2.34. The van der Waals surface area contributed by atoms with Crippen molar-refractivity contribution in [2.24, 2.45) is 0 Å². The van der Waals surface area contributed by atoms with Crippen molar-refractivity contribution >= 4 is 0 Å². The summed E-state index contributed by atoms with van der Waals surface area (Å²) >= 11 is 0. The molecule has 0 bridgehead atoms. The van der Waals surface area contributed by atoms with Gasteiger partial charge in [-0.15, -0.1) is 0 Å². The molecule has 0 spiro atoms. The van der Waals surface area contributed by atoms with Gasteiger partial charge in [-0.1, -0.05) is 19.1 Å². The van der Waals surface area contributed by atoms with Crippen molar-refractivity contribution in [3.63, 3.8) is 0 Å². The molecule has 1 unspecified atom stereocenters. The van der Waals surface area contributed by atoms with E-state index in [9.17, 15) is 5.11 Å². The van der Waals surface area contributed by atoms with Gasteiger partial charge in [-0.2, -0.15) is 0 Å². The topological polar surface area (TPSA) is 41.5 Å². The third-order valence-corrected chi connectivity index (χ3v) is 3.19. The van der Waals surface area contributed by atoms with Crippen molar-refractivity contribution in [3.8, 4) is 5.75 Å². The lowest BCUT2D eigenvalue weighted by Gasteiger charge is -2.34. The zero-order valence-corrected chi connectivity index (χ0v) is 11.2. The van der Waals surface area contributed by atoms with E-state index in [1.165, 1.54) is 5.56 Å². The molecule has 1 rings (SSSR count). The monoisotopic (exact) mass is 237 g/mol. The fourth-order valence-corrected chi connectivity index (χ4v) is 1.82. The van der Waals surface area contributed by atoms with Gasteiger partial charge in [0.2, 0.25) is 0 Å². The van der Waals surface area contributed by atoms with E-state index >= 15 is 0 Å². The molecule has 0 heterocycles. The maximum absolute atomic E-state index is 9.26. The van der Waals surface area contributed by atoms with Crippen molar-refractivity contribution in [1.82, 2.24) is 5.32 Å². The highest BCUT2D eigenvalue weighted by Gasteiger charge is 2.28. The Hall–Kier alpha value is -1.06. The minimum absolute atomic E-state index is 0.214. The van der Waals surface area contributed by atoms with E-state index in [-0.39, 0.29) is 11.6 Å². The Labute approximate surface area is 104 Å². The molecule has 0 saturated carbocycles. The van der Waals surface area contributed by atoms with Crippen LogP contribution in [0.2, 0.25) is 0 Å². The number of phenols is 1. The largest absolute Gasteiger partial charge is 0.508 e. The summed E-state index contributed by atoms with van der Waals surface area (Å²) in [7, 11) is 1.74. The lowest BCUT2D eigenvalue weighted by Crippen LogP contribution is -2.49. The van der Waals surface area contributed by atoms with Crippen molar-refractivity contribution in [2.45, 2.75) is 38.8 Å². The summed E-state index contributed by atoms with van der Waals surface area (Å²) in [5.74, 6) is 0.305. The third-order valence-electron chi connectivity index (χ3n) is 3.19. The van der Waals surface area contributed by atoms with Crippen LogP contribution in [0.5, 0.6) is 5.75 Å². The average Bonchev–Trinajstić information content (AvgIpc) is 2.31. The normalized spacial score (nSPS) is 13.6. The van der Waals surface area contributed by atoms with E-state index < -0.39 is 0 Å². The first-order chi connectivity index (χ1) is 7.99. The number of hydrogen-bond donors (Lipinski definition) is 2. The Balaban J connectivity index is 2.76. The molecular weight excluding hydrogens is 214 g/mol. The molecule has 17 heavy (non-hydrogen) atoms. The summed E-state index contributed by atoms with van der Waals surface area (Å²) in [6, 6.07) is 7.59. The van der Waals surface area contributed by atoms with Gasteiger partial charge in [0.1, 0.15) is 5.75 Å². The van der Waals surface area contributed by atoms with Crippen LogP contribution in [0.15, 0.2) is 24.3 Å². The van der Waals surface area contributed by atoms with Gasteiger partial charge in [0.15, 0.2) is 0 Å². The smallest absolute Gasteiger partial charge is 0.115 e. The third kappa shape index (κ3) is 4.02.